The predicted octanol–water partition coefficient (Wildman–Crippen LogP) is 6.80. The zero-order valence-electron chi connectivity index (χ0n) is 19.3. The van der Waals surface area contributed by atoms with Crippen molar-refractivity contribution >= 4 is 27.5 Å². The van der Waals surface area contributed by atoms with Gasteiger partial charge >= 0.3 is 0 Å². The molecule has 0 aliphatic carbocycles. The summed E-state index contributed by atoms with van der Waals surface area (Å²) in [5.74, 6) is 0.178. The maximum Gasteiger partial charge on any atom is 0.235 e. The van der Waals surface area contributed by atoms with E-state index in [9.17, 15) is 9.59 Å². The van der Waals surface area contributed by atoms with Crippen LogP contribution in [0.15, 0.2) is 88.1 Å². The number of aryl methyl sites for hydroxylation is 3. The molecule has 0 aliphatic heterocycles. The lowest BCUT2D eigenvalue weighted by molar-refractivity contribution is 0.0922. The van der Waals surface area contributed by atoms with E-state index in [2.05, 4.69) is 0 Å². The second-order valence-corrected chi connectivity index (χ2v) is 8.65. The quantitative estimate of drug-likeness (QED) is 0.278. The van der Waals surface area contributed by atoms with Gasteiger partial charge in [0.1, 0.15) is 5.58 Å². The number of ether oxygens (including phenoxy) is 1. The Kier molecular flexibility index (Phi) is 5.50. The van der Waals surface area contributed by atoms with Crippen LogP contribution < -0.4 is 10.2 Å². The molecule has 0 aliphatic rings. The summed E-state index contributed by atoms with van der Waals surface area (Å²) in [4.78, 5) is 26.7. The van der Waals surface area contributed by atoms with Gasteiger partial charge in [-0.3, -0.25) is 9.59 Å². The summed E-state index contributed by atoms with van der Waals surface area (Å²) in [5.41, 5.74) is 4.41. The van der Waals surface area contributed by atoms with E-state index in [1.165, 1.54) is 0 Å². The summed E-state index contributed by atoms with van der Waals surface area (Å²) in [6.07, 6.45) is 0. The van der Waals surface area contributed by atoms with Crippen molar-refractivity contribution in [1.29, 1.82) is 0 Å². The second kappa shape index (κ2) is 8.64. The van der Waals surface area contributed by atoms with Crippen LogP contribution >= 0.6 is 0 Å². The first-order valence-corrected chi connectivity index (χ1v) is 11.2. The van der Waals surface area contributed by atoms with Crippen LogP contribution in [0, 0.1) is 20.8 Å². The highest BCUT2D eigenvalue weighted by molar-refractivity contribution is 6.08. The van der Waals surface area contributed by atoms with E-state index in [4.69, 9.17) is 9.15 Å². The molecular weight excluding hydrogens is 424 g/mol. The molecule has 4 aromatic carbocycles. The molecule has 0 unspecified atom stereocenters. The maximum atomic E-state index is 13.6. The van der Waals surface area contributed by atoms with Crippen LogP contribution in [0.25, 0.3) is 33.1 Å². The first-order chi connectivity index (χ1) is 16.4. The number of rotatable bonds is 5. The van der Waals surface area contributed by atoms with Crippen molar-refractivity contribution in [3.8, 4) is 17.1 Å². The number of carbonyl (C=O) groups is 1. The molecular formula is C30H24O4. The Morgan fingerprint density at radius 1 is 0.853 bits per heavy atom. The molecule has 168 valence electrons. The lowest BCUT2D eigenvalue weighted by Gasteiger charge is -2.13. The molecule has 4 heteroatoms. The number of fused-ring (bicyclic) bond motifs is 2. The van der Waals surface area contributed by atoms with Gasteiger partial charge in [-0.1, -0.05) is 78.4 Å². The number of hydrogen-bond donors (Lipinski definition) is 0. The Morgan fingerprint density at radius 3 is 2.38 bits per heavy atom. The average Bonchev–Trinajstić information content (AvgIpc) is 2.82. The molecule has 0 fully saturated rings. The van der Waals surface area contributed by atoms with Gasteiger partial charge in [-0.15, -0.1) is 0 Å². The standard InChI is InChI=1S/C30H24O4/c1-18-11-13-22(14-12-18)29-30(28(32)27-20(3)15-19(2)16-26(27)34-29)33-17-25(31)24-10-6-8-21-7-4-5-9-23(21)24/h4-16H,17H2,1-3H3. The summed E-state index contributed by atoms with van der Waals surface area (Å²) in [6, 6.07) is 24.8. The molecule has 0 radical (unpaired) electrons. The molecule has 4 nitrogen and oxygen atoms in total. The summed E-state index contributed by atoms with van der Waals surface area (Å²) < 4.78 is 12.2. The van der Waals surface area contributed by atoms with Crippen molar-refractivity contribution in [2.24, 2.45) is 0 Å². The smallest absolute Gasteiger partial charge is 0.235 e. The number of benzene rings is 4. The van der Waals surface area contributed by atoms with Gasteiger partial charge in [0.25, 0.3) is 0 Å². The van der Waals surface area contributed by atoms with E-state index in [0.29, 0.717) is 22.3 Å². The summed E-state index contributed by atoms with van der Waals surface area (Å²) in [5, 5.41) is 2.30. The zero-order valence-corrected chi connectivity index (χ0v) is 19.3. The molecule has 5 aromatic rings. The largest absolute Gasteiger partial charge is 0.478 e. The molecule has 0 saturated heterocycles. The first kappa shape index (κ1) is 21.7. The highest BCUT2D eigenvalue weighted by Crippen LogP contribution is 2.33. The highest BCUT2D eigenvalue weighted by atomic mass is 16.5. The van der Waals surface area contributed by atoms with Gasteiger partial charge in [-0.2, -0.15) is 0 Å². The Morgan fingerprint density at radius 2 is 1.59 bits per heavy atom. The molecule has 0 saturated carbocycles. The number of ketones is 1. The van der Waals surface area contributed by atoms with Crippen molar-refractivity contribution in [3.63, 3.8) is 0 Å². The topological polar surface area (TPSA) is 56.5 Å². The van der Waals surface area contributed by atoms with Crippen LogP contribution in [-0.2, 0) is 0 Å². The zero-order chi connectivity index (χ0) is 23.8. The van der Waals surface area contributed by atoms with E-state index in [1.807, 2.05) is 93.6 Å². The third kappa shape index (κ3) is 3.88. The minimum Gasteiger partial charge on any atom is -0.478 e. The first-order valence-electron chi connectivity index (χ1n) is 11.2. The Hall–Kier alpha value is -4.18. The molecule has 0 N–H and O–H groups in total. The van der Waals surface area contributed by atoms with Crippen molar-refractivity contribution in [2.75, 3.05) is 6.61 Å². The summed E-state index contributed by atoms with van der Waals surface area (Å²) in [7, 11) is 0. The Balaban J connectivity index is 1.61. The predicted molar refractivity (Wildman–Crippen MR) is 136 cm³/mol. The van der Waals surface area contributed by atoms with Crippen LogP contribution in [-0.4, -0.2) is 12.4 Å². The van der Waals surface area contributed by atoms with E-state index in [1.54, 1.807) is 6.07 Å². The Bertz CT molecular complexity index is 1600. The highest BCUT2D eigenvalue weighted by Gasteiger charge is 2.21. The molecule has 0 spiro atoms. The van der Waals surface area contributed by atoms with Gasteiger partial charge in [0, 0.05) is 11.1 Å². The third-order valence-corrected chi connectivity index (χ3v) is 6.05. The second-order valence-electron chi connectivity index (χ2n) is 8.65. The molecule has 1 aromatic heterocycles. The van der Waals surface area contributed by atoms with Gasteiger partial charge in [0.2, 0.25) is 17.0 Å². The monoisotopic (exact) mass is 448 g/mol. The van der Waals surface area contributed by atoms with Crippen LogP contribution in [0.3, 0.4) is 0 Å². The van der Waals surface area contributed by atoms with Gasteiger partial charge in [-0.25, -0.2) is 0 Å². The fourth-order valence-corrected chi connectivity index (χ4v) is 4.38. The molecule has 0 atom stereocenters. The van der Waals surface area contributed by atoms with Crippen LogP contribution in [0.1, 0.15) is 27.0 Å². The normalized spacial score (nSPS) is 11.1. The molecule has 0 amide bonds. The number of carbonyl (C=O) groups excluding carboxylic acids is 1. The molecule has 1 heterocycles. The fourth-order valence-electron chi connectivity index (χ4n) is 4.38. The maximum absolute atomic E-state index is 13.6. The lowest BCUT2D eigenvalue weighted by Crippen LogP contribution is -2.17. The van der Waals surface area contributed by atoms with Gasteiger partial charge in [-0.05, 0) is 48.7 Å². The minimum absolute atomic E-state index is 0.0527. The number of hydrogen-bond acceptors (Lipinski definition) is 4. The van der Waals surface area contributed by atoms with Gasteiger partial charge in [0.15, 0.2) is 12.4 Å². The summed E-state index contributed by atoms with van der Waals surface area (Å²) >= 11 is 0. The fraction of sp³-hybridized carbons (Fsp3) is 0.133. The van der Waals surface area contributed by atoms with Crippen LogP contribution in [0.2, 0.25) is 0 Å². The average molecular weight is 449 g/mol. The third-order valence-electron chi connectivity index (χ3n) is 6.05. The van der Waals surface area contributed by atoms with Crippen molar-refractivity contribution in [2.45, 2.75) is 20.8 Å². The van der Waals surface area contributed by atoms with Gasteiger partial charge < -0.3 is 9.15 Å². The van der Waals surface area contributed by atoms with Crippen LogP contribution in [0.4, 0.5) is 0 Å². The lowest BCUT2D eigenvalue weighted by atomic mass is 10.0. The van der Waals surface area contributed by atoms with Crippen molar-refractivity contribution < 1.29 is 13.9 Å². The minimum atomic E-state index is -0.278. The van der Waals surface area contributed by atoms with Crippen LogP contribution in [0.5, 0.6) is 5.75 Å². The van der Waals surface area contributed by atoms with Gasteiger partial charge in [0.05, 0.1) is 5.39 Å². The van der Waals surface area contributed by atoms with Crippen molar-refractivity contribution in [1.82, 2.24) is 0 Å². The summed E-state index contributed by atoms with van der Waals surface area (Å²) in [6.45, 7) is 5.56. The molecule has 34 heavy (non-hydrogen) atoms. The number of Topliss-reactive ketones (excluding diaryl/α,β-unsaturated/α-hetero) is 1. The SMILES string of the molecule is Cc1ccc(-c2oc3cc(C)cc(C)c3c(=O)c2OCC(=O)c2cccc3ccccc23)cc1. The molecule has 5 rings (SSSR count). The van der Waals surface area contributed by atoms with E-state index in [-0.39, 0.29) is 23.6 Å². The Labute approximate surface area is 197 Å². The van der Waals surface area contributed by atoms with E-state index >= 15 is 0 Å². The van der Waals surface area contributed by atoms with Crippen molar-refractivity contribution in [3.05, 3.63) is 111 Å². The van der Waals surface area contributed by atoms with E-state index < -0.39 is 0 Å². The van der Waals surface area contributed by atoms with E-state index in [0.717, 1.165) is 33.0 Å². The molecule has 0 bridgehead atoms.